The van der Waals surface area contributed by atoms with Gasteiger partial charge in [0.15, 0.2) is 0 Å². The molecule has 0 rings (SSSR count). The first-order chi connectivity index (χ1) is 4.70. The summed E-state index contributed by atoms with van der Waals surface area (Å²) in [5.41, 5.74) is 6.79. The van der Waals surface area contributed by atoms with Crippen molar-refractivity contribution < 1.29 is 0 Å². The quantitative estimate of drug-likeness (QED) is 0.640. The Morgan fingerprint density at radius 2 is 2.10 bits per heavy atom. The molecular formula is C9H19N. The number of hydrogen-bond donors (Lipinski definition) is 1. The minimum absolute atomic E-state index is 0.793. The minimum atomic E-state index is 0.793. The fraction of sp³-hybridized carbons (Fsp3) is 0.778. The van der Waals surface area contributed by atoms with Gasteiger partial charge in [0.05, 0.1) is 0 Å². The lowest BCUT2D eigenvalue weighted by Crippen LogP contribution is -1.92. The van der Waals surface area contributed by atoms with Gasteiger partial charge < -0.3 is 5.73 Å². The molecule has 0 spiro atoms. The van der Waals surface area contributed by atoms with Crippen LogP contribution < -0.4 is 5.73 Å². The molecule has 0 atom stereocenters. The fourth-order valence-corrected chi connectivity index (χ4v) is 0.852. The molecule has 0 saturated carbocycles. The van der Waals surface area contributed by atoms with Crippen LogP contribution in [0.1, 0.15) is 40.0 Å². The standard InChI is InChI=1S/C9H19N/c1-4-9(7-10)6-5-8(2)3/h7-8H,4-6,10H2,1-3H3/b9-7+. The summed E-state index contributed by atoms with van der Waals surface area (Å²) in [7, 11) is 0. The second-order valence-corrected chi connectivity index (χ2v) is 3.11. The molecule has 2 N–H and O–H groups in total. The summed E-state index contributed by atoms with van der Waals surface area (Å²) in [4.78, 5) is 0. The molecule has 0 bridgehead atoms. The zero-order valence-corrected chi connectivity index (χ0v) is 7.35. The predicted molar refractivity (Wildman–Crippen MR) is 46.6 cm³/mol. The molecule has 0 radical (unpaired) electrons. The Labute approximate surface area is 64.3 Å². The van der Waals surface area contributed by atoms with Gasteiger partial charge >= 0.3 is 0 Å². The summed E-state index contributed by atoms with van der Waals surface area (Å²) in [6.07, 6.45) is 5.28. The van der Waals surface area contributed by atoms with Crippen molar-refractivity contribution >= 4 is 0 Å². The summed E-state index contributed by atoms with van der Waals surface area (Å²) < 4.78 is 0. The lowest BCUT2D eigenvalue weighted by Gasteiger charge is -2.05. The Balaban J connectivity index is 3.46. The van der Waals surface area contributed by atoms with E-state index in [0.717, 1.165) is 12.3 Å². The van der Waals surface area contributed by atoms with Crippen LogP contribution in [0.15, 0.2) is 11.8 Å². The third-order valence-corrected chi connectivity index (χ3v) is 1.73. The Kier molecular flexibility index (Phi) is 5.09. The Hall–Kier alpha value is -0.460. The highest BCUT2D eigenvalue weighted by molar-refractivity contribution is 4.98. The molecule has 1 nitrogen and oxygen atoms in total. The van der Waals surface area contributed by atoms with Gasteiger partial charge in [-0.15, -0.1) is 0 Å². The lowest BCUT2D eigenvalue weighted by atomic mass is 10.0. The number of rotatable bonds is 4. The van der Waals surface area contributed by atoms with E-state index in [1.807, 2.05) is 0 Å². The van der Waals surface area contributed by atoms with Crippen LogP contribution in [0.3, 0.4) is 0 Å². The van der Waals surface area contributed by atoms with Crippen molar-refractivity contribution in [3.05, 3.63) is 11.8 Å². The van der Waals surface area contributed by atoms with Gasteiger partial charge in [0, 0.05) is 0 Å². The van der Waals surface area contributed by atoms with Crippen molar-refractivity contribution in [2.24, 2.45) is 11.7 Å². The van der Waals surface area contributed by atoms with Crippen LogP contribution in [0, 0.1) is 5.92 Å². The Morgan fingerprint density at radius 1 is 1.50 bits per heavy atom. The average molecular weight is 141 g/mol. The normalized spacial score (nSPS) is 12.6. The zero-order chi connectivity index (χ0) is 7.98. The Morgan fingerprint density at radius 3 is 2.40 bits per heavy atom. The van der Waals surface area contributed by atoms with Gasteiger partial charge in [0.1, 0.15) is 0 Å². The van der Waals surface area contributed by atoms with E-state index in [9.17, 15) is 0 Å². The van der Waals surface area contributed by atoms with Gasteiger partial charge in [-0.25, -0.2) is 0 Å². The number of allylic oxidation sites excluding steroid dienone is 1. The number of hydrogen-bond acceptors (Lipinski definition) is 1. The van der Waals surface area contributed by atoms with E-state index in [0.29, 0.717) is 0 Å². The average Bonchev–Trinajstić information content (AvgIpc) is 1.90. The largest absolute Gasteiger partial charge is 0.405 e. The SMILES string of the molecule is CC/C(=C\N)CCC(C)C. The molecule has 0 aromatic heterocycles. The summed E-state index contributed by atoms with van der Waals surface area (Å²) >= 11 is 0. The van der Waals surface area contributed by atoms with Crippen molar-refractivity contribution in [1.29, 1.82) is 0 Å². The summed E-state index contributed by atoms with van der Waals surface area (Å²) in [5.74, 6) is 0.793. The Bertz CT molecular complexity index is 103. The maximum Gasteiger partial charge on any atom is -0.00706 e. The van der Waals surface area contributed by atoms with Crippen molar-refractivity contribution in [2.45, 2.75) is 40.0 Å². The molecule has 0 amide bonds. The predicted octanol–water partition coefficient (Wildman–Crippen LogP) is 2.68. The lowest BCUT2D eigenvalue weighted by molar-refractivity contribution is 0.579. The highest BCUT2D eigenvalue weighted by Gasteiger charge is 1.96. The third-order valence-electron chi connectivity index (χ3n) is 1.73. The third kappa shape index (κ3) is 4.42. The van der Waals surface area contributed by atoms with E-state index in [2.05, 4.69) is 20.8 Å². The second kappa shape index (κ2) is 5.33. The van der Waals surface area contributed by atoms with Crippen molar-refractivity contribution in [3.8, 4) is 0 Å². The highest BCUT2D eigenvalue weighted by atomic mass is 14.5. The first kappa shape index (κ1) is 9.54. The maximum absolute atomic E-state index is 5.41. The van der Waals surface area contributed by atoms with Gasteiger partial charge in [-0.2, -0.15) is 0 Å². The second-order valence-electron chi connectivity index (χ2n) is 3.11. The molecule has 60 valence electrons. The van der Waals surface area contributed by atoms with Crippen molar-refractivity contribution in [3.63, 3.8) is 0 Å². The van der Waals surface area contributed by atoms with E-state index < -0.39 is 0 Å². The van der Waals surface area contributed by atoms with Crippen LogP contribution >= 0.6 is 0 Å². The van der Waals surface area contributed by atoms with E-state index in [-0.39, 0.29) is 0 Å². The fourth-order valence-electron chi connectivity index (χ4n) is 0.852. The van der Waals surface area contributed by atoms with E-state index in [1.54, 1.807) is 6.20 Å². The van der Waals surface area contributed by atoms with E-state index >= 15 is 0 Å². The zero-order valence-electron chi connectivity index (χ0n) is 7.35. The highest BCUT2D eigenvalue weighted by Crippen LogP contribution is 2.12. The first-order valence-electron chi connectivity index (χ1n) is 4.10. The summed E-state index contributed by atoms with van der Waals surface area (Å²) in [5, 5.41) is 0. The van der Waals surface area contributed by atoms with E-state index in [1.165, 1.54) is 18.4 Å². The monoisotopic (exact) mass is 141 g/mol. The van der Waals surface area contributed by atoms with Gasteiger partial charge in [-0.05, 0) is 31.4 Å². The molecule has 0 aliphatic carbocycles. The van der Waals surface area contributed by atoms with Crippen molar-refractivity contribution in [1.82, 2.24) is 0 Å². The van der Waals surface area contributed by atoms with Crippen LogP contribution in [0.2, 0.25) is 0 Å². The van der Waals surface area contributed by atoms with Gasteiger partial charge in [-0.3, -0.25) is 0 Å². The van der Waals surface area contributed by atoms with Gasteiger partial charge in [0.25, 0.3) is 0 Å². The summed E-state index contributed by atoms with van der Waals surface area (Å²) in [6.45, 7) is 6.63. The molecule has 0 aromatic carbocycles. The molecule has 0 aliphatic rings. The maximum atomic E-state index is 5.41. The molecule has 0 heterocycles. The smallest absolute Gasteiger partial charge is 0.00706 e. The van der Waals surface area contributed by atoms with Crippen LogP contribution in [0.25, 0.3) is 0 Å². The van der Waals surface area contributed by atoms with Crippen LogP contribution in [0.4, 0.5) is 0 Å². The van der Waals surface area contributed by atoms with Gasteiger partial charge in [-0.1, -0.05) is 26.3 Å². The molecule has 1 heteroatoms. The summed E-state index contributed by atoms with van der Waals surface area (Å²) in [6, 6.07) is 0. The molecule has 0 fully saturated rings. The van der Waals surface area contributed by atoms with E-state index in [4.69, 9.17) is 5.73 Å². The molecule has 10 heavy (non-hydrogen) atoms. The topological polar surface area (TPSA) is 26.0 Å². The van der Waals surface area contributed by atoms with Crippen LogP contribution in [-0.4, -0.2) is 0 Å². The minimum Gasteiger partial charge on any atom is -0.405 e. The molecule has 0 unspecified atom stereocenters. The van der Waals surface area contributed by atoms with Crippen molar-refractivity contribution in [2.75, 3.05) is 0 Å². The first-order valence-corrected chi connectivity index (χ1v) is 4.10. The van der Waals surface area contributed by atoms with Crippen LogP contribution in [-0.2, 0) is 0 Å². The molecule has 0 aromatic rings. The van der Waals surface area contributed by atoms with Gasteiger partial charge in [0.2, 0.25) is 0 Å². The molecular weight excluding hydrogens is 122 g/mol. The molecule has 0 saturated heterocycles. The molecule has 0 aliphatic heterocycles. The van der Waals surface area contributed by atoms with Crippen LogP contribution in [0.5, 0.6) is 0 Å². The number of nitrogens with two attached hydrogens (primary N) is 1.